The minimum Gasteiger partial charge on any atom is -0.494 e. The summed E-state index contributed by atoms with van der Waals surface area (Å²) in [6.07, 6.45) is -0.0987. The van der Waals surface area contributed by atoms with Gasteiger partial charge in [-0.1, -0.05) is 41.6 Å². The molecule has 2 aromatic carbocycles. The first kappa shape index (κ1) is 25.3. The molecule has 186 valence electrons. The lowest BCUT2D eigenvalue weighted by molar-refractivity contribution is -0.122. The molecule has 2 amide bonds. The highest BCUT2D eigenvalue weighted by Gasteiger charge is 2.33. The molecule has 1 aliphatic heterocycles. The lowest BCUT2D eigenvalue weighted by Crippen LogP contribution is -2.29. The van der Waals surface area contributed by atoms with Crippen LogP contribution in [0.2, 0.25) is 5.02 Å². The highest BCUT2D eigenvalue weighted by Crippen LogP contribution is 2.32. The summed E-state index contributed by atoms with van der Waals surface area (Å²) < 4.78 is 0. The highest BCUT2D eigenvalue weighted by molar-refractivity contribution is 8.15. The SMILES string of the molecule is Cc1ccc(NC(=O)CC2SC(=NC(c3ccc(Cl)cc3)c3c(O)[nH]c(=O)[nH]c3=O)NC2=O)cc1C. The number of aryl methyl sites for hydroxylation is 2. The van der Waals surface area contributed by atoms with Gasteiger partial charge in [-0.05, 0) is 54.8 Å². The molecule has 0 aliphatic carbocycles. The van der Waals surface area contributed by atoms with Crippen LogP contribution in [0.15, 0.2) is 57.0 Å². The number of amidine groups is 1. The Morgan fingerprint density at radius 3 is 2.50 bits per heavy atom. The van der Waals surface area contributed by atoms with E-state index in [4.69, 9.17) is 11.6 Å². The Kier molecular flexibility index (Phi) is 7.32. The summed E-state index contributed by atoms with van der Waals surface area (Å²) in [5, 5.41) is 15.6. The Morgan fingerprint density at radius 2 is 1.83 bits per heavy atom. The fourth-order valence-electron chi connectivity index (χ4n) is 3.61. The predicted molar refractivity (Wildman–Crippen MR) is 139 cm³/mol. The van der Waals surface area contributed by atoms with Crippen LogP contribution in [0, 0.1) is 13.8 Å². The van der Waals surface area contributed by atoms with Crippen LogP contribution in [0.25, 0.3) is 0 Å². The summed E-state index contributed by atoms with van der Waals surface area (Å²) >= 11 is 7.01. The molecule has 1 aromatic heterocycles. The molecular formula is C24H22ClN5O5S. The number of rotatable bonds is 6. The number of aromatic amines is 2. The van der Waals surface area contributed by atoms with Gasteiger partial charge in [0.1, 0.15) is 16.9 Å². The van der Waals surface area contributed by atoms with E-state index in [2.05, 4.69) is 25.6 Å². The van der Waals surface area contributed by atoms with Crippen molar-refractivity contribution in [2.24, 2.45) is 4.99 Å². The Balaban J connectivity index is 1.58. The average Bonchev–Trinajstić information content (AvgIpc) is 3.14. The minimum absolute atomic E-state index is 0.0987. The molecule has 36 heavy (non-hydrogen) atoms. The fourth-order valence-corrected chi connectivity index (χ4v) is 4.73. The maximum atomic E-state index is 12.6. The van der Waals surface area contributed by atoms with Gasteiger partial charge in [-0.25, -0.2) is 9.79 Å². The third kappa shape index (κ3) is 5.69. The van der Waals surface area contributed by atoms with Crippen molar-refractivity contribution in [3.05, 3.63) is 90.6 Å². The third-order valence-corrected chi connectivity index (χ3v) is 6.95. The van der Waals surface area contributed by atoms with Gasteiger partial charge < -0.3 is 15.7 Å². The second-order valence-electron chi connectivity index (χ2n) is 8.21. The van der Waals surface area contributed by atoms with Crippen molar-refractivity contribution in [3.63, 3.8) is 0 Å². The topological polar surface area (TPSA) is 157 Å². The third-order valence-electron chi connectivity index (χ3n) is 5.60. The second kappa shape index (κ2) is 10.4. The van der Waals surface area contributed by atoms with E-state index in [1.807, 2.05) is 26.0 Å². The summed E-state index contributed by atoms with van der Waals surface area (Å²) in [6, 6.07) is 10.9. The van der Waals surface area contributed by atoms with E-state index in [9.17, 15) is 24.3 Å². The number of amides is 2. The van der Waals surface area contributed by atoms with Gasteiger partial charge in [0.15, 0.2) is 5.17 Å². The number of halogens is 1. The van der Waals surface area contributed by atoms with Crippen molar-refractivity contribution in [1.29, 1.82) is 0 Å². The number of nitrogens with zero attached hydrogens (tertiary/aromatic N) is 1. The number of hydrogen-bond acceptors (Lipinski definition) is 7. The first-order chi connectivity index (χ1) is 17.1. The van der Waals surface area contributed by atoms with Gasteiger partial charge in [0.05, 0.1) is 0 Å². The molecule has 1 fully saturated rings. The van der Waals surface area contributed by atoms with Gasteiger partial charge in [0.25, 0.3) is 5.56 Å². The van der Waals surface area contributed by atoms with Crippen molar-refractivity contribution in [1.82, 2.24) is 15.3 Å². The zero-order chi connectivity index (χ0) is 26.0. The number of aliphatic imine (C=N–C) groups is 1. The molecule has 1 aliphatic rings. The molecule has 2 atom stereocenters. The van der Waals surface area contributed by atoms with Crippen LogP contribution >= 0.6 is 23.4 Å². The van der Waals surface area contributed by atoms with E-state index in [0.29, 0.717) is 16.3 Å². The number of aromatic hydroxyl groups is 1. The maximum Gasteiger partial charge on any atom is 0.328 e. The first-order valence-corrected chi connectivity index (χ1v) is 12.1. The van der Waals surface area contributed by atoms with Crippen LogP contribution in [0.1, 0.15) is 34.7 Å². The summed E-state index contributed by atoms with van der Waals surface area (Å²) in [5.41, 5.74) is 1.32. The molecule has 0 radical (unpaired) electrons. The molecule has 4 rings (SSSR count). The first-order valence-electron chi connectivity index (χ1n) is 10.8. The molecule has 1 saturated heterocycles. The van der Waals surface area contributed by atoms with E-state index >= 15 is 0 Å². The average molecular weight is 528 g/mol. The number of thioether (sulfide) groups is 1. The molecular weight excluding hydrogens is 506 g/mol. The van der Waals surface area contributed by atoms with Gasteiger partial charge in [-0.3, -0.25) is 24.4 Å². The largest absolute Gasteiger partial charge is 0.494 e. The van der Waals surface area contributed by atoms with E-state index in [-0.39, 0.29) is 23.1 Å². The Bertz CT molecular complexity index is 1480. The van der Waals surface area contributed by atoms with Crippen molar-refractivity contribution in [3.8, 4) is 5.88 Å². The number of benzene rings is 2. The summed E-state index contributed by atoms with van der Waals surface area (Å²) in [6.45, 7) is 3.91. The monoisotopic (exact) mass is 527 g/mol. The number of anilines is 1. The summed E-state index contributed by atoms with van der Waals surface area (Å²) in [5.74, 6) is -1.40. The van der Waals surface area contributed by atoms with E-state index in [0.717, 1.165) is 22.9 Å². The molecule has 10 nitrogen and oxygen atoms in total. The van der Waals surface area contributed by atoms with Crippen LogP contribution in [0.3, 0.4) is 0 Å². The van der Waals surface area contributed by atoms with Crippen LogP contribution < -0.4 is 21.9 Å². The van der Waals surface area contributed by atoms with Crippen LogP contribution in [0.5, 0.6) is 5.88 Å². The van der Waals surface area contributed by atoms with E-state index in [1.165, 1.54) is 0 Å². The molecule has 2 heterocycles. The maximum absolute atomic E-state index is 12.6. The minimum atomic E-state index is -1.08. The summed E-state index contributed by atoms with van der Waals surface area (Å²) in [4.78, 5) is 57.9. The molecule has 0 bridgehead atoms. The van der Waals surface area contributed by atoms with Gasteiger partial charge in [0.2, 0.25) is 17.7 Å². The molecule has 5 N–H and O–H groups in total. The molecule has 3 aromatic rings. The van der Waals surface area contributed by atoms with Gasteiger partial charge in [-0.15, -0.1) is 0 Å². The molecule has 2 unspecified atom stereocenters. The lowest BCUT2D eigenvalue weighted by Gasteiger charge is -2.14. The lowest BCUT2D eigenvalue weighted by atomic mass is 10.0. The summed E-state index contributed by atoms with van der Waals surface area (Å²) in [7, 11) is 0. The molecule has 0 saturated carbocycles. The van der Waals surface area contributed by atoms with E-state index < -0.39 is 34.3 Å². The van der Waals surface area contributed by atoms with Gasteiger partial charge in [0, 0.05) is 17.1 Å². The standard InChI is InChI=1S/C24H22ClN5O5S/c1-11-3-8-15(9-12(11)2)26-17(31)10-16-20(32)30-24(36-16)27-19(13-4-6-14(25)7-5-13)18-21(33)28-23(35)29-22(18)34/h3-9,16,19H,10H2,1-2H3,(H,26,31)(H,27,30,32)(H3,28,29,33,34,35). The Hall–Kier alpha value is -3.83. The number of carbonyl (C=O) groups is 2. The number of aromatic nitrogens is 2. The van der Waals surface area contributed by atoms with Gasteiger partial charge in [-0.2, -0.15) is 0 Å². The Morgan fingerprint density at radius 1 is 1.11 bits per heavy atom. The quantitative estimate of drug-likeness (QED) is 0.332. The zero-order valence-corrected chi connectivity index (χ0v) is 20.8. The normalized spacial score (nSPS) is 17.1. The number of carbonyl (C=O) groups excluding carboxylic acids is 2. The van der Waals surface area contributed by atoms with Crippen LogP contribution in [-0.4, -0.2) is 37.3 Å². The van der Waals surface area contributed by atoms with Gasteiger partial charge >= 0.3 is 5.69 Å². The van der Waals surface area contributed by atoms with Crippen LogP contribution in [-0.2, 0) is 9.59 Å². The number of H-pyrrole nitrogens is 2. The van der Waals surface area contributed by atoms with E-state index in [1.54, 1.807) is 30.3 Å². The number of hydrogen-bond donors (Lipinski definition) is 5. The second-order valence-corrected chi connectivity index (χ2v) is 9.83. The highest BCUT2D eigenvalue weighted by atomic mass is 35.5. The van der Waals surface area contributed by atoms with Crippen molar-refractivity contribution in [2.75, 3.05) is 5.32 Å². The number of nitrogens with one attached hydrogen (secondary N) is 4. The fraction of sp³-hybridized carbons (Fsp3) is 0.208. The Labute approximate surface area is 214 Å². The predicted octanol–water partition coefficient (Wildman–Crippen LogP) is 2.74. The smallest absolute Gasteiger partial charge is 0.328 e. The molecule has 12 heteroatoms. The van der Waals surface area contributed by atoms with Crippen LogP contribution in [0.4, 0.5) is 5.69 Å². The molecule has 0 spiro atoms. The van der Waals surface area contributed by atoms with Crippen molar-refractivity contribution >= 4 is 46.0 Å². The van der Waals surface area contributed by atoms with Crippen molar-refractivity contribution in [2.45, 2.75) is 31.6 Å². The zero-order valence-electron chi connectivity index (χ0n) is 19.2. The van der Waals surface area contributed by atoms with Crippen molar-refractivity contribution < 1.29 is 14.7 Å².